The highest BCUT2D eigenvalue weighted by Crippen LogP contribution is 2.18. The second-order valence-electron chi connectivity index (χ2n) is 5.59. The molecule has 0 aliphatic carbocycles. The van der Waals surface area contributed by atoms with E-state index in [4.69, 9.17) is 5.73 Å². The zero-order chi connectivity index (χ0) is 14.3. The van der Waals surface area contributed by atoms with E-state index in [-0.39, 0.29) is 6.04 Å². The summed E-state index contributed by atoms with van der Waals surface area (Å²) in [6.45, 7) is 11.2. The fourth-order valence-electron chi connectivity index (χ4n) is 2.21. The van der Waals surface area contributed by atoms with Gasteiger partial charge in [-0.25, -0.2) is 0 Å². The third-order valence-corrected chi connectivity index (χ3v) is 3.93. The fraction of sp³-hybridized carbons (Fsp3) is 0.647. The summed E-state index contributed by atoms with van der Waals surface area (Å²) < 4.78 is 0. The van der Waals surface area contributed by atoms with E-state index < -0.39 is 0 Å². The van der Waals surface area contributed by atoms with Crippen molar-refractivity contribution in [2.75, 3.05) is 18.0 Å². The maximum atomic E-state index is 6.00. The molecule has 1 aromatic rings. The van der Waals surface area contributed by atoms with E-state index in [1.807, 2.05) is 0 Å². The molecule has 2 atom stereocenters. The van der Waals surface area contributed by atoms with Crippen LogP contribution in [0.1, 0.15) is 46.1 Å². The van der Waals surface area contributed by atoms with Gasteiger partial charge in [-0.15, -0.1) is 0 Å². The molecular formula is C17H30N2. The topological polar surface area (TPSA) is 29.3 Å². The molecule has 0 heterocycles. The Morgan fingerprint density at radius 2 is 1.68 bits per heavy atom. The highest BCUT2D eigenvalue weighted by molar-refractivity contribution is 5.47. The van der Waals surface area contributed by atoms with Crippen molar-refractivity contribution in [3.8, 4) is 0 Å². The van der Waals surface area contributed by atoms with E-state index in [9.17, 15) is 0 Å². The summed E-state index contributed by atoms with van der Waals surface area (Å²) in [6, 6.07) is 9.22. The zero-order valence-corrected chi connectivity index (χ0v) is 13.0. The van der Waals surface area contributed by atoms with Crippen molar-refractivity contribution < 1.29 is 0 Å². The van der Waals surface area contributed by atoms with E-state index >= 15 is 0 Å². The van der Waals surface area contributed by atoms with Gasteiger partial charge in [0.1, 0.15) is 0 Å². The summed E-state index contributed by atoms with van der Waals surface area (Å²) in [5, 5.41) is 0. The lowest BCUT2D eigenvalue weighted by Gasteiger charge is -2.26. The van der Waals surface area contributed by atoms with E-state index in [1.165, 1.54) is 17.7 Å². The minimum absolute atomic E-state index is 0.285. The molecule has 0 bridgehead atoms. The molecule has 0 aliphatic heterocycles. The Morgan fingerprint density at radius 1 is 1.05 bits per heavy atom. The smallest absolute Gasteiger partial charge is 0.0366 e. The molecular weight excluding hydrogens is 232 g/mol. The van der Waals surface area contributed by atoms with E-state index in [1.54, 1.807) is 0 Å². The zero-order valence-electron chi connectivity index (χ0n) is 13.0. The van der Waals surface area contributed by atoms with Crippen LogP contribution in [0.15, 0.2) is 24.3 Å². The average Bonchev–Trinajstić information content (AvgIpc) is 2.45. The number of benzene rings is 1. The Morgan fingerprint density at radius 3 is 2.16 bits per heavy atom. The summed E-state index contributed by atoms with van der Waals surface area (Å²) in [4.78, 5) is 2.46. The summed E-state index contributed by atoms with van der Waals surface area (Å²) >= 11 is 0. The predicted octanol–water partition coefficient (Wildman–Crippen LogP) is 3.84. The van der Waals surface area contributed by atoms with Crippen LogP contribution in [0.2, 0.25) is 0 Å². The first-order chi connectivity index (χ1) is 9.10. The van der Waals surface area contributed by atoms with Gasteiger partial charge in [-0.05, 0) is 43.4 Å². The van der Waals surface area contributed by atoms with Crippen molar-refractivity contribution in [1.29, 1.82) is 0 Å². The molecule has 2 nitrogen and oxygen atoms in total. The second kappa shape index (κ2) is 8.21. The normalized spacial score (nSPS) is 14.2. The van der Waals surface area contributed by atoms with Crippen LogP contribution >= 0.6 is 0 Å². The number of anilines is 1. The number of hydrogen-bond donors (Lipinski definition) is 1. The standard InChI is InChI=1S/C17H30N2/c1-5-14(4)13-19(7-3)17-10-8-15(9-11-17)12-16(18)6-2/h8-11,14,16H,5-7,12-13,18H2,1-4H3. The van der Waals surface area contributed by atoms with Crippen molar-refractivity contribution in [3.63, 3.8) is 0 Å². The summed E-state index contributed by atoms with van der Waals surface area (Å²) in [5.74, 6) is 0.744. The van der Waals surface area contributed by atoms with Crippen LogP contribution in [0, 0.1) is 5.92 Å². The van der Waals surface area contributed by atoms with Gasteiger partial charge in [0.15, 0.2) is 0 Å². The van der Waals surface area contributed by atoms with Crippen LogP contribution in [0.25, 0.3) is 0 Å². The monoisotopic (exact) mass is 262 g/mol. The maximum Gasteiger partial charge on any atom is 0.0366 e. The Bertz CT molecular complexity index is 345. The number of hydrogen-bond acceptors (Lipinski definition) is 2. The summed E-state index contributed by atoms with van der Waals surface area (Å²) in [7, 11) is 0. The molecule has 0 saturated carbocycles. The molecule has 0 aliphatic rings. The molecule has 0 fully saturated rings. The molecule has 108 valence electrons. The third kappa shape index (κ3) is 5.23. The lowest BCUT2D eigenvalue weighted by atomic mass is 10.0. The molecule has 1 rings (SSSR count). The third-order valence-electron chi connectivity index (χ3n) is 3.93. The van der Waals surface area contributed by atoms with E-state index in [0.29, 0.717) is 0 Å². The molecule has 0 saturated heterocycles. The minimum atomic E-state index is 0.285. The largest absolute Gasteiger partial charge is 0.372 e. The number of nitrogens with zero attached hydrogens (tertiary/aromatic N) is 1. The van der Waals surface area contributed by atoms with Crippen molar-refractivity contribution in [2.24, 2.45) is 11.7 Å². The Balaban J connectivity index is 2.67. The lowest BCUT2D eigenvalue weighted by Crippen LogP contribution is -2.28. The van der Waals surface area contributed by atoms with Crippen LogP contribution in [-0.4, -0.2) is 19.1 Å². The molecule has 2 N–H and O–H groups in total. The average molecular weight is 262 g/mol. The summed E-state index contributed by atoms with van der Waals surface area (Å²) in [6.07, 6.45) is 3.26. The van der Waals surface area contributed by atoms with Gasteiger partial charge in [-0.1, -0.05) is 39.3 Å². The Hall–Kier alpha value is -1.02. The SMILES string of the molecule is CCC(C)CN(CC)c1ccc(CC(N)CC)cc1. The van der Waals surface area contributed by atoms with E-state index in [0.717, 1.165) is 31.8 Å². The first kappa shape index (κ1) is 16.0. The highest BCUT2D eigenvalue weighted by atomic mass is 15.1. The van der Waals surface area contributed by atoms with Crippen LogP contribution in [0.4, 0.5) is 5.69 Å². The van der Waals surface area contributed by atoms with Gasteiger partial charge in [0, 0.05) is 24.8 Å². The van der Waals surface area contributed by atoms with Crippen molar-refractivity contribution >= 4 is 5.69 Å². The molecule has 19 heavy (non-hydrogen) atoms. The maximum absolute atomic E-state index is 6.00. The number of nitrogens with two attached hydrogens (primary N) is 1. The van der Waals surface area contributed by atoms with Gasteiger partial charge >= 0.3 is 0 Å². The van der Waals surface area contributed by atoms with Crippen LogP contribution in [0.3, 0.4) is 0 Å². The van der Waals surface area contributed by atoms with Gasteiger partial charge < -0.3 is 10.6 Å². The lowest BCUT2D eigenvalue weighted by molar-refractivity contribution is 0.548. The van der Waals surface area contributed by atoms with Crippen LogP contribution in [0.5, 0.6) is 0 Å². The summed E-state index contributed by atoms with van der Waals surface area (Å²) in [5.41, 5.74) is 8.68. The van der Waals surface area contributed by atoms with Crippen molar-refractivity contribution in [1.82, 2.24) is 0 Å². The van der Waals surface area contributed by atoms with Gasteiger partial charge in [0.25, 0.3) is 0 Å². The highest BCUT2D eigenvalue weighted by Gasteiger charge is 2.08. The molecule has 0 amide bonds. The van der Waals surface area contributed by atoms with Gasteiger partial charge in [0.05, 0.1) is 0 Å². The molecule has 2 heteroatoms. The van der Waals surface area contributed by atoms with Gasteiger partial charge in [-0.3, -0.25) is 0 Å². The van der Waals surface area contributed by atoms with Crippen molar-refractivity contribution in [2.45, 2.75) is 53.0 Å². The van der Waals surface area contributed by atoms with Gasteiger partial charge in [0.2, 0.25) is 0 Å². The van der Waals surface area contributed by atoms with Crippen LogP contribution in [-0.2, 0) is 6.42 Å². The van der Waals surface area contributed by atoms with Gasteiger partial charge in [-0.2, -0.15) is 0 Å². The first-order valence-electron chi connectivity index (χ1n) is 7.70. The van der Waals surface area contributed by atoms with E-state index in [2.05, 4.69) is 56.9 Å². The Kier molecular flexibility index (Phi) is 6.93. The predicted molar refractivity (Wildman–Crippen MR) is 85.8 cm³/mol. The second-order valence-corrected chi connectivity index (χ2v) is 5.59. The van der Waals surface area contributed by atoms with Crippen molar-refractivity contribution in [3.05, 3.63) is 29.8 Å². The molecule has 1 aromatic carbocycles. The molecule has 0 aromatic heterocycles. The fourth-order valence-corrected chi connectivity index (χ4v) is 2.21. The quantitative estimate of drug-likeness (QED) is 0.771. The first-order valence-corrected chi connectivity index (χ1v) is 7.70. The molecule has 0 spiro atoms. The van der Waals surface area contributed by atoms with Crippen LogP contribution < -0.4 is 10.6 Å². The minimum Gasteiger partial charge on any atom is -0.372 e. The molecule has 0 radical (unpaired) electrons. The Labute approximate surface area is 119 Å². The number of rotatable bonds is 8. The molecule has 2 unspecified atom stereocenters.